The zero-order valence-corrected chi connectivity index (χ0v) is 17.7. The third kappa shape index (κ3) is 5.36. The lowest BCUT2D eigenvalue weighted by molar-refractivity contribution is 0.0273. The Morgan fingerprint density at radius 3 is 2.54 bits per heavy atom. The fraction of sp³-hybridized carbons (Fsp3) is 0.750. The molecule has 0 spiro atoms. The van der Waals surface area contributed by atoms with E-state index in [0.717, 1.165) is 38.5 Å². The minimum Gasteiger partial charge on any atom is -0.378 e. The van der Waals surface area contributed by atoms with Crippen molar-refractivity contribution in [1.82, 2.24) is 14.2 Å². The first-order valence-corrected chi connectivity index (χ1v) is 12.0. The van der Waals surface area contributed by atoms with Gasteiger partial charge in [-0.2, -0.15) is 4.31 Å². The van der Waals surface area contributed by atoms with Gasteiger partial charge in [-0.1, -0.05) is 25.7 Å². The molecule has 1 N–H and O–H groups in total. The van der Waals surface area contributed by atoms with E-state index in [4.69, 9.17) is 4.74 Å². The van der Waals surface area contributed by atoms with Gasteiger partial charge in [0.25, 0.3) is 5.91 Å². The number of ether oxygens (including phenoxy) is 1. The molecule has 1 saturated carbocycles. The van der Waals surface area contributed by atoms with Gasteiger partial charge in [0.15, 0.2) is 0 Å². The quantitative estimate of drug-likeness (QED) is 0.667. The predicted octanol–water partition coefficient (Wildman–Crippen LogP) is 2.67. The fourth-order valence-corrected chi connectivity index (χ4v) is 5.59. The van der Waals surface area contributed by atoms with Gasteiger partial charge in [-0.15, -0.1) is 0 Å². The zero-order chi connectivity index (χ0) is 20.0. The van der Waals surface area contributed by atoms with Gasteiger partial charge in [0, 0.05) is 39.5 Å². The van der Waals surface area contributed by atoms with Crippen LogP contribution in [0.1, 0.15) is 68.3 Å². The summed E-state index contributed by atoms with van der Waals surface area (Å²) in [6.07, 6.45) is 11.6. The van der Waals surface area contributed by atoms with E-state index in [9.17, 15) is 13.2 Å². The highest BCUT2D eigenvalue weighted by Crippen LogP contribution is 2.22. The Hall–Kier alpha value is -1.38. The molecule has 7 nitrogen and oxygen atoms in total. The first-order valence-electron chi connectivity index (χ1n) is 10.5. The standard InChI is InChI=1S/C20H33N3O4S/c1-22-16-18(28(25,26)23-12-6-3-7-13-23)15-19(22)20(24)21-11-8-14-27-17-9-4-2-5-10-17/h15-17H,2-14H2,1H3,(H,21,24). The Morgan fingerprint density at radius 2 is 1.82 bits per heavy atom. The van der Waals surface area contributed by atoms with Gasteiger partial charge in [0.05, 0.1) is 6.10 Å². The molecule has 1 aliphatic heterocycles. The monoisotopic (exact) mass is 411 g/mol. The number of amides is 1. The largest absolute Gasteiger partial charge is 0.378 e. The molecular formula is C20H33N3O4S. The van der Waals surface area contributed by atoms with Crippen molar-refractivity contribution in [3.63, 3.8) is 0 Å². The number of rotatable bonds is 8. The van der Waals surface area contributed by atoms with Crippen molar-refractivity contribution >= 4 is 15.9 Å². The summed E-state index contributed by atoms with van der Waals surface area (Å²) in [6.45, 7) is 2.27. The van der Waals surface area contributed by atoms with Crippen molar-refractivity contribution in [2.45, 2.75) is 68.8 Å². The van der Waals surface area contributed by atoms with Gasteiger partial charge in [-0.05, 0) is 38.2 Å². The molecule has 2 aliphatic rings. The highest BCUT2D eigenvalue weighted by molar-refractivity contribution is 7.89. The second kappa shape index (κ2) is 9.89. The number of aryl methyl sites for hydroxylation is 1. The maximum absolute atomic E-state index is 12.8. The second-order valence-corrected chi connectivity index (χ2v) is 9.81. The number of piperidine rings is 1. The van der Waals surface area contributed by atoms with Crippen LogP contribution >= 0.6 is 0 Å². The van der Waals surface area contributed by atoms with Crippen LogP contribution in [0.25, 0.3) is 0 Å². The normalized spacial score (nSPS) is 19.6. The minimum atomic E-state index is -3.53. The Balaban J connectivity index is 1.48. The number of nitrogens with zero attached hydrogens (tertiary/aromatic N) is 2. The molecule has 1 amide bonds. The highest BCUT2D eigenvalue weighted by Gasteiger charge is 2.28. The summed E-state index contributed by atoms with van der Waals surface area (Å²) in [5.74, 6) is -0.250. The number of aromatic nitrogens is 1. The van der Waals surface area contributed by atoms with Crippen molar-refractivity contribution < 1.29 is 17.9 Å². The molecule has 1 saturated heterocycles. The first kappa shape index (κ1) is 21.3. The van der Waals surface area contributed by atoms with E-state index in [1.165, 1.54) is 35.8 Å². The average molecular weight is 412 g/mol. The van der Waals surface area contributed by atoms with E-state index in [1.807, 2.05) is 0 Å². The predicted molar refractivity (Wildman–Crippen MR) is 108 cm³/mol. The van der Waals surface area contributed by atoms with Gasteiger partial charge in [-0.3, -0.25) is 4.79 Å². The third-order valence-corrected chi connectivity index (χ3v) is 7.54. The van der Waals surface area contributed by atoms with E-state index in [0.29, 0.717) is 38.0 Å². The van der Waals surface area contributed by atoms with E-state index >= 15 is 0 Å². The molecule has 0 bridgehead atoms. The highest BCUT2D eigenvalue weighted by atomic mass is 32.2. The fourth-order valence-electron chi connectivity index (χ4n) is 4.00. The number of carbonyl (C=O) groups excluding carboxylic acids is 1. The molecule has 158 valence electrons. The molecular weight excluding hydrogens is 378 g/mol. The summed E-state index contributed by atoms with van der Waals surface area (Å²) in [4.78, 5) is 12.7. The molecule has 1 aromatic heterocycles. The molecule has 0 aromatic carbocycles. The Kier molecular flexibility index (Phi) is 7.54. The van der Waals surface area contributed by atoms with Crippen LogP contribution in [0.4, 0.5) is 0 Å². The summed E-state index contributed by atoms with van der Waals surface area (Å²) in [5, 5.41) is 2.87. The minimum absolute atomic E-state index is 0.197. The molecule has 0 unspecified atom stereocenters. The Bertz CT molecular complexity index is 748. The van der Waals surface area contributed by atoms with Crippen LogP contribution in [-0.4, -0.2) is 55.5 Å². The smallest absolute Gasteiger partial charge is 0.267 e. The average Bonchev–Trinajstić information content (AvgIpc) is 3.12. The summed E-state index contributed by atoms with van der Waals surface area (Å²) in [7, 11) is -1.82. The summed E-state index contributed by atoms with van der Waals surface area (Å²) in [6, 6.07) is 1.48. The van der Waals surface area contributed by atoms with Crippen LogP contribution in [0.15, 0.2) is 17.2 Å². The number of nitrogens with one attached hydrogen (secondary N) is 1. The molecule has 28 heavy (non-hydrogen) atoms. The van der Waals surface area contributed by atoms with Gasteiger partial charge in [-0.25, -0.2) is 8.42 Å². The summed E-state index contributed by atoms with van der Waals surface area (Å²) < 4.78 is 34.6. The van der Waals surface area contributed by atoms with Crippen molar-refractivity contribution in [1.29, 1.82) is 0 Å². The van der Waals surface area contributed by atoms with Gasteiger partial charge < -0.3 is 14.6 Å². The number of hydrogen-bond acceptors (Lipinski definition) is 4. The topological polar surface area (TPSA) is 80.6 Å². The van der Waals surface area contributed by atoms with Crippen LogP contribution in [-0.2, 0) is 21.8 Å². The summed E-state index contributed by atoms with van der Waals surface area (Å²) in [5.41, 5.74) is 0.365. The third-order valence-electron chi connectivity index (χ3n) is 5.68. The van der Waals surface area contributed by atoms with Crippen molar-refractivity contribution in [2.75, 3.05) is 26.2 Å². The van der Waals surface area contributed by atoms with Crippen LogP contribution < -0.4 is 5.32 Å². The molecule has 1 aliphatic carbocycles. The molecule has 1 aromatic rings. The van der Waals surface area contributed by atoms with Crippen molar-refractivity contribution in [3.8, 4) is 0 Å². The van der Waals surface area contributed by atoms with E-state index in [-0.39, 0.29) is 10.8 Å². The van der Waals surface area contributed by atoms with Gasteiger partial charge in [0.2, 0.25) is 10.0 Å². The molecule has 2 fully saturated rings. The second-order valence-electron chi connectivity index (χ2n) is 7.88. The molecule has 0 radical (unpaired) electrons. The van der Waals surface area contributed by atoms with Gasteiger partial charge in [0.1, 0.15) is 10.6 Å². The van der Waals surface area contributed by atoms with Crippen LogP contribution in [0.5, 0.6) is 0 Å². The van der Waals surface area contributed by atoms with E-state index in [2.05, 4.69) is 5.32 Å². The van der Waals surface area contributed by atoms with Crippen molar-refractivity contribution in [3.05, 3.63) is 18.0 Å². The number of sulfonamides is 1. The van der Waals surface area contributed by atoms with E-state index in [1.54, 1.807) is 11.6 Å². The Morgan fingerprint density at radius 1 is 1.14 bits per heavy atom. The van der Waals surface area contributed by atoms with Gasteiger partial charge >= 0.3 is 0 Å². The molecule has 3 rings (SSSR count). The number of hydrogen-bond donors (Lipinski definition) is 1. The lowest BCUT2D eigenvalue weighted by Crippen LogP contribution is -2.35. The maximum atomic E-state index is 12.8. The van der Waals surface area contributed by atoms with Crippen LogP contribution in [0.2, 0.25) is 0 Å². The van der Waals surface area contributed by atoms with Crippen LogP contribution in [0, 0.1) is 0 Å². The molecule has 8 heteroatoms. The lowest BCUT2D eigenvalue weighted by Gasteiger charge is -2.25. The Labute approximate surface area is 168 Å². The first-order chi connectivity index (χ1) is 13.5. The SMILES string of the molecule is Cn1cc(S(=O)(=O)N2CCCCC2)cc1C(=O)NCCCOC1CCCCC1. The number of carbonyl (C=O) groups is 1. The summed E-state index contributed by atoms with van der Waals surface area (Å²) >= 11 is 0. The maximum Gasteiger partial charge on any atom is 0.267 e. The lowest BCUT2D eigenvalue weighted by atomic mass is 9.98. The van der Waals surface area contributed by atoms with Crippen LogP contribution in [0.3, 0.4) is 0 Å². The molecule has 2 heterocycles. The van der Waals surface area contributed by atoms with E-state index < -0.39 is 10.0 Å². The molecule has 0 atom stereocenters. The zero-order valence-electron chi connectivity index (χ0n) is 16.9. The van der Waals surface area contributed by atoms with Crippen molar-refractivity contribution in [2.24, 2.45) is 7.05 Å².